The molecular weight excluding hydrogens is 493 g/mol. The molecule has 168 valence electrons. The Hall–Kier alpha value is -1.71. The molecule has 0 bridgehead atoms. The lowest BCUT2D eigenvalue weighted by Crippen LogP contribution is -2.50. The van der Waals surface area contributed by atoms with E-state index >= 15 is 0 Å². The number of para-hydroxylation sites is 1. The van der Waals surface area contributed by atoms with Crippen LogP contribution in [0.3, 0.4) is 0 Å². The van der Waals surface area contributed by atoms with Gasteiger partial charge in [-0.2, -0.15) is 0 Å². The second-order valence-electron chi connectivity index (χ2n) is 7.75. The van der Waals surface area contributed by atoms with Gasteiger partial charge in [0, 0.05) is 44.0 Å². The number of benzene rings is 1. The number of guanidine groups is 1. The van der Waals surface area contributed by atoms with E-state index in [1.54, 1.807) is 4.90 Å². The van der Waals surface area contributed by atoms with Crippen molar-refractivity contribution in [3.05, 3.63) is 29.8 Å². The van der Waals surface area contributed by atoms with Gasteiger partial charge >= 0.3 is 6.09 Å². The molecule has 0 aliphatic carbocycles. The van der Waals surface area contributed by atoms with Gasteiger partial charge < -0.3 is 25.2 Å². The van der Waals surface area contributed by atoms with Crippen LogP contribution in [0.4, 0.5) is 10.5 Å². The van der Waals surface area contributed by atoms with E-state index in [1.165, 1.54) is 11.3 Å². The monoisotopic (exact) mass is 529 g/mol. The van der Waals surface area contributed by atoms with Crippen LogP contribution in [-0.2, 0) is 11.2 Å². The molecule has 2 aliphatic rings. The van der Waals surface area contributed by atoms with Crippen LogP contribution in [0.1, 0.15) is 39.2 Å². The van der Waals surface area contributed by atoms with Crippen LogP contribution >= 0.6 is 24.0 Å². The van der Waals surface area contributed by atoms with Gasteiger partial charge in [0.1, 0.15) is 0 Å². The van der Waals surface area contributed by atoms with Gasteiger partial charge in [0.15, 0.2) is 5.96 Å². The van der Waals surface area contributed by atoms with Gasteiger partial charge in [0.2, 0.25) is 0 Å². The first-order valence-corrected chi connectivity index (χ1v) is 10.9. The van der Waals surface area contributed by atoms with Crippen molar-refractivity contribution in [3.63, 3.8) is 0 Å². The third-order valence-electron chi connectivity index (χ3n) is 5.67. The third kappa shape index (κ3) is 6.39. The highest BCUT2D eigenvalue weighted by Gasteiger charge is 2.25. The molecule has 2 N–H and O–H groups in total. The Morgan fingerprint density at radius 2 is 1.97 bits per heavy atom. The molecule has 1 amide bonds. The van der Waals surface area contributed by atoms with Crippen molar-refractivity contribution in [2.45, 2.75) is 52.1 Å². The number of halogens is 1. The fourth-order valence-corrected chi connectivity index (χ4v) is 4.08. The predicted molar refractivity (Wildman–Crippen MR) is 133 cm³/mol. The molecule has 30 heavy (non-hydrogen) atoms. The minimum atomic E-state index is -0.203. The van der Waals surface area contributed by atoms with Crippen molar-refractivity contribution in [1.82, 2.24) is 15.5 Å². The first-order chi connectivity index (χ1) is 14.1. The maximum absolute atomic E-state index is 11.9. The summed E-state index contributed by atoms with van der Waals surface area (Å²) in [7, 11) is 0. The van der Waals surface area contributed by atoms with Crippen LogP contribution in [0, 0.1) is 0 Å². The Morgan fingerprint density at radius 3 is 2.67 bits per heavy atom. The highest BCUT2D eigenvalue weighted by Crippen LogP contribution is 2.29. The smallest absolute Gasteiger partial charge is 0.409 e. The number of carbonyl (C=O) groups is 1. The molecule has 1 aromatic rings. The summed E-state index contributed by atoms with van der Waals surface area (Å²) in [5, 5.41) is 6.92. The van der Waals surface area contributed by atoms with Gasteiger partial charge in [-0.1, -0.05) is 18.2 Å². The van der Waals surface area contributed by atoms with E-state index in [4.69, 9.17) is 9.73 Å². The molecule has 2 aliphatic heterocycles. The SMILES string of the molecule is CCNC(=NCC(C)N1CCc2ccccc21)NC1CCN(C(=O)OCC)CC1.I. The number of nitrogens with zero attached hydrogens (tertiary/aromatic N) is 3. The van der Waals surface area contributed by atoms with Gasteiger partial charge in [-0.25, -0.2) is 4.79 Å². The zero-order chi connectivity index (χ0) is 20.6. The fraction of sp³-hybridized carbons (Fsp3) is 0.636. The summed E-state index contributed by atoms with van der Waals surface area (Å²) in [4.78, 5) is 21.0. The van der Waals surface area contributed by atoms with Gasteiger partial charge in [-0.3, -0.25) is 4.99 Å². The van der Waals surface area contributed by atoms with Crippen molar-refractivity contribution in [1.29, 1.82) is 0 Å². The summed E-state index contributed by atoms with van der Waals surface area (Å²) in [6.45, 7) is 10.7. The van der Waals surface area contributed by atoms with Crippen LogP contribution in [0.5, 0.6) is 0 Å². The summed E-state index contributed by atoms with van der Waals surface area (Å²) in [5.74, 6) is 0.862. The van der Waals surface area contributed by atoms with E-state index in [9.17, 15) is 4.79 Å². The lowest BCUT2D eigenvalue weighted by atomic mass is 10.1. The van der Waals surface area contributed by atoms with Crippen LogP contribution in [0.15, 0.2) is 29.3 Å². The highest BCUT2D eigenvalue weighted by molar-refractivity contribution is 14.0. The Bertz CT molecular complexity index is 707. The predicted octanol–water partition coefficient (Wildman–Crippen LogP) is 3.23. The number of piperidine rings is 1. The largest absolute Gasteiger partial charge is 0.450 e. The molecule has 1 unspecified atom stereocenters. The summed E-state index contributed by atoms with van der Waals surface area (Å²) >= 11 is 0. The van der Waals surface area contributed by atoms with E-state index in [2.05, 4.69) is 53.6 Å². The van der Waals surface area contributed by atoms with Crippen molar-refractivity contribution in [2.24, 2.45) is 4.99 Å². The van der Waals surface area contributed by atoms with E-state index < -0.39 is 0 Å². The van der Waals surface area contributed by atoms with Crippen molar-refractivity contribution >= 4 is 41.7 Å². The molecule has 1 atom stereocenters. The quantitative estimate of drug-likeness (QED) is 0.337. The zero-order valence-corrected chi connectivity index (χ0v) is 20.7. The number of hydrogen-bond donors (Lipinski definition) is 2. The minimum Gasteiger partial charge on any atom is -0.450 e. The zero-order valence-electron chi connectivity index (χ0n) is 18.4. The molecule has 1 fully saturated rings. The Morgan fingerprint density at radius 1 is 1.23 bits per heavy atom. The molecular formula is C22H36IN5O2. The summed E-state index contributed by atoms with van der Waals surface area (Å²) in [5.41, 5.74) is 2.78. The minimum absolute atomic E-state index is 0. The van der Waals surface area contributed by atoms with E-state index in [1.807, 2.05) is 6.92 Å². The first-order valence-electron chi connectivity index (χ1n) is 10.9. The molecule has 3 rings (SSSR count). The number of anilines is 1. The topological polar surface area (TPSA) is 69.2 Å². The molecule has 1 aromatic carbocycles. The number of amides is 1. The lowest BCUT2D eigenvalue weighted by molar-refractivity contribution is 0.0963. The fourth-order valence-electron chi connectivity index (χ4n) is 4.08. The van der Waals surface area contributed by atoms with Gasteiger partial charge in [-0.05, 0) is 51.7 Å². The van der Waals surface area contributed by atoms with Crippen LogP contribution < -0.4 is 15.5 Å². The second kappa shape index (κ2) is 12.2. The number of likely N-dealkylation sites (tertiary alicyclic amines) is 1. The lowest BCUT2D eigenvalue weighted by Gasteiger charge is -2.32. The average Bonchev–Trinajstić information content (AvgIpc) is 3.17. The molecule has 1 saturated heterocycles. The summed E-state index contributed by atoms with van der Waals surface area (Å²) in [6, 6.07) is 9.33. The van der Waals surface area contributed by atoms with Crippen molar-refractivity contribution < 1.29 is 9.53 Å². The number of aliphatic imine (C=N–C) groups is 1. The maximum Gasteiger partial charge on any atom is 0.409 e. The Kier molecular flexibility index (Phi) is 10.0. The summed E-state index contributed by atoms with van der Waals surface area (Å²) in [6.07, 6.45) is 2.71. The molecule has 0 spiro atoms. The maximum atomic E-state index is 11.9. The van der Waals surface area contributed by atoms with Crippen LogP contribution in [-0.4, -0.2) is 68.4 Å². The first kappa shape index (κ1) is 24.6. The van der Waals surface area contributed by atoms with Crippen molar-refractivity contribution in [2.75, 3.05) is 44.2 Å². The number of nitrogens with one attached hydrogen (secondary N) is 2. The van der Waals surface area contributed by atoms with Crippen LogP contribution in [0.25, 0.3) is 0 Å². The average molecular weight is 529 g/mol. The number of ether oxygens (including phenoxy) is 1. The highest BCUT2D eigenvalue weighted by atomic mass is 127. The molecule has 8 heteroatoms. The second-order valence-corrected chi connectivity index (χ2v) is 7.75. The Balaban J connectivity index is 0.00000320. The van der Waals surface area contributed by atoms with Crippen molar-refractivity contribution in [3.8, 4) is 0 Å². The molecule has 7 nitrogen and oxygen atoms in total. The Labute approximate surface area is 197 Å². The molecule has 0 radical (unpaired) electrons. The molecule has 0 saturated carbocycles. The van der Waals surface area contributed by atoms with E-state index in [0.29, 0.717) is 18.7 Å². The van der Waals surface area contributed by atoms with Gasteiger partial charge in [-0.15, -0.1) is 24.0 Å². The van der Waals surface area contributed by atoms with Crippen LogP contribution in [0.2, 0.25) is 0 Å². The van der Waals surface area contributed by atoms with E-state index in [-0.39, 0.29) is 30.1 Å². The van der Waals surface area contributed by atoms with Gasteiger partial charge in [0.25, 0.3) is 0 Å². The number of rotatable bonds is 6. The number of fused-ring (bicyclic) bond motifs is 1. The molecule has 2 heterocycles. The summed E-state index contributed by atoms with van der Waals surface area (Å²) < 4.78 is 5.10. The standard InChI is InChI=1S/C22H35N5O2.HI/c1-4-23-21(25-19-11-13-26(14-12-19)22(28)29-5-2)24-16-17(3)27-15-10-18-8-6-7-9-20(18)27;/h6-9,17,19H,4-5,10-16H2,1-3H3,(H2,23,24,25);1H. The van der Waals surface area contributed by atoms with Gasteiger partial charge in [0.05, 0.1) is 13.2 Å². The number of hydrogen-bond acceptors (Lipinski definition) is 4. The third-order valence-corrected chi connectivity index (χ3v) is 5.67. The van der Waals surface area contributed by atoms with E-state index in [0.717, 1.165) is 57.9 Å². The number of carbonyl (C=O) groups excluding carboxylic acids is 1. The normalized spacial score (nSPS) is 17.8. The molecule has 0 aromatic heterocycles.